The third-order valence-electron chi connectivity index (χ3n) is 1.39. The van der Waals surface area contributed by atoms with Gasteiger partial charge in [-0.3, -0.25) is 4.79 Å². The molecule has 0 bridgehead atoms. The predicted octanol–water partition coefficient (Wildman–Crippen LogP) is 0.650. The Morgan fingerprint density at radius 3 is 3.00 bits per heavy atom. The van der Waals surface area contributed by atoms with Gasteiger partial charge < -0.3 is 10.4 Å². The zero-order chi connectivity index (χ0) is 10.1. The zero-order valence-corrected chi connectivity index (χ0v) is 8.77. The molecule has 13 heavy (non-hydrogen) atoms. The summed E-state index contributed by atoms with van der Waals surface area (Å²) in [5.41, 5.74) is 0. The maximum absolute atomic E-state index is 11.0. The van der Waals surface area contributed by atoms with Crippen molar-refractivity contribution in [2.75, 3.05) is 24.7 Å². The average Bonchev–Trinajstić information content (AvgIpc) is 2.14. The molecule has 0 heterocycles. The van der Waals surface area contributed by atoms with E-state index >= 15 is 0 Å². The van der Waals surface area contributed by atoms with Gasteiger partial charge in [0, 0.05) is 13.2 Å². The first-order chi connectivity index (χ1) is 6.20. The second-order valence-electron chi connectivity index (χ2n) is 2.90. The third-order valence-corrected chi connectivity index (χ3v) is 2.66. The molecule has 3 nitrogen and oxygen atoms in total. The Labute approximate surface area is 83.6 Å². The van der Waals surface area contributed by atoms with Gasteiger partial charge in [0.25, 0.3) is 0 Å². The van der Waals surface area contributed by atoms with Gasteiger partial charge in [-0.15, -0.1) is 6.58 Å². The van der Waals surface area contributed by atoms with E-state index in [2.05, 4.69) is 11.9 Å². The topological polar surface area (TPSA) is 49.3 Å². The highest BCUT2D eigenvalue weighted by Gasteiger charge is 2.03. The first-order valence-electron chi connectivity index (χ1n) is 4.27. The quantitative estimate of drug-likeness (QED) is 0.597. The second kappa shape index (κ2) is 8.13. The van der Waals surface area contributed by atoms with Crippen LogP contribution in [0.4, 0.5) is 0 Å². The summed E-state index contributed by atoms with van der Waals surface area (Å²) >= 11 is 1.54. The van der Waals surface area contributed by atoms with Crippen molar-refractivity contribution in [1.82, 2.24) is 5.32 Å². The summed E-state index contributed by atoms with van der Waals surface area (Å²) in [5.74, 6) is 1.56. The Kier molecular flexibility index (Phi) is 7.83. The number of hydrogen-bond donors (Lipinski definition) is 2. The summed E-state index contributed by atoms with van der Waals surface area (Å²) in [6, 6.07) is 0. The number of aliphatic hydroxyl groups is 1. The van der Waals surface area contributed by atoms with E-state index in [1.807, 2.05) is 6.92 Å². The fraction of sp³-hybridized carbons (Fsp3) is 0.667. The van der Waals surface area contributed by atoms with Crippen molar-refractivity contribution in [1.29, 1.82) is 0 Å². The van der Waals surface area contributed by atoms with Crippen LogP contribution in [0.2, 0.25) is 0 Å². The van der Waals surface area contributed by atoms with Crippen LogP contribution in [0.25, 0.3) is 0 Å². The average molecular weight is 203 g/mol. The molecule has 0 saturated carbocycles. The summed E-state index contributed by atoms with van der Waals surface area (Å²) in [6.45, 7) is 6.16. The number of nitrogens with one attached hydrogen (secondary N) is 1. The highest BCUT2D eigenvalue weighted by molar-refractivity contribution is 7.99. The third kappa shape index (κ3) is 7.87. The number of thioether (sulfide) groups is 1. The Hall–Kier alpha value is -0.480. The molecule has 4 heteroatoms. The number of aliphatic hydroxyl groups excluding tert-OH is 1. The van der Waals surface area contributed by atoms with Crippen molar-refractivity contribution in [3.63, 3.8) is 0 Å². The lowest BCUT2D eigenvalue weighted by molar-refractivity contribution is -0.118. The minimum Gasteiger partial charge on any atom is -0.396 e. The van der Waals surface area contributed by atoms with Gasteiger partial charge in [0.2, 0.25) is 5.91 Å². The van der Waals surface area contributed by atoms with E-state index in [0.717, 1.165) is 5.75 Å². The Morgan fingerprint density at radius 2 is 2.46 bits per heavy atom. The van der Waals surface area contributed by atoms with Crippen LogP contribution in [0.1, 0.15) is 6.92 Å². The van der Waals surface area contributed by atoms with E-state index in [0.29, 0.717) is 12.3 Å². The normalized spacial score (nSPS) is 12.2. The minimum atomic E-state index is 0.0232. The summed E-state index contributed by atoms with van der Waals surface area (Å²) < 4.78 is 0. The van der Waals surface area contributed by atoms with E-state index in [-0.39, 0.29) is 18.4 Å². The molecule has 0 rings (SSSR count). The van der Waals surface area contributed by atoms with Crippen LogP contribution in [-0.4, -0.2) is 35.7 Å². The number of rotatable bonds is 7. The Bertz CT molecular complexity index is 162. The number of amides is 1. The second-order valence-corrected chi connectivity index (χ2v) is 3.93. The molecule has 76 valence electrons. The van der Waals surface area contributed by atoms with E-state index < -0.39 is 0 Å². The number of carbonyl (C=O) groups is 1. The zero-order valence-electron chi connectivity index (χ0n) is 7.95. The molecule has 0 saturated heterocycles. The molecule has 0 aromatic rings. The Morgan fingerprint density at radius 1 is 1.77 bits per heavy atom. The van der Waals surface area contributed by atoms with Crippen LogP contribution < -0.4 is 5.32 Å². The van der Waals surface area contributed by atoms with E-state index in [1.54, 1.807) is 6.08 Å². The van der Waals surface area contributed by atoms with Gasteiger partial charge in [-0.25, -0.2) is 0 Å². The smallest absolute Gasteiger partial charge is 0.230 e. The van der Waals surface area contributed by atoms with Gasteiger partial charge in [-0.2, -0.15) is 11.8 Å². The van der Waals surface area contributed by atoms with E-state index in [4.69, 9.17) is 5.11 Å². The van der Waals surface area contributed by atoms with Gasteiger partial charge in [0.15, 0.2) is 0 Å². The fourth-order valence-electron chi connectivity index (χ4n) is 0.643. The van der Waals surface area contributed by atoms with E-state index in [9.17, 15) is 4.79 Å². The molecule has 1 amide bonds. The van der Waals surface area contributed by atoms with Gasteiger partial charge in [0.1, 0.15) is 0 Å². The summed E-state index contributed by atoms with van der Waals surface area (Å²) in [7, 11) is 0. The standard InChI is InChI=1S/C9H17NO2S/c1-3-4-10-9(12)7-13-6-8(2)5-11/h3,8,11H,1,4-7H2,2H3,(H,10,12). The van der Waals surface area contributed by atoms with Gasteiger partial charge >= 0.3 is 0 Å². The monoisotopic (exact) mass is 203 g/mol. The van der Waals surface area contributed by atoms with Gasteiger partial charge in [-0.1, -0.05) is 13.0 Å². The predicted molar refractivity (Wildman–Crippen MR) is 56.8 cm³/mol. The SMILES string of the molecule is C=CCNC(=O)CSCC(C)CO. The summed E-state index contributed by atoms with van der Waals surface area (Å²) in [5, 5.41) is 11.4. The molecule has 0 radical (unpaired) electrons. The van der Waals surface area contributed by atoms with Crippen molar-refractivity contribution in [3.8, 4) is 0 Å². The van der Waals surface area contributed by atoms with Gasteiger partial charge in [0.05, 0.1) is 5.75 Å². The molecule has 1 atom stereocenters. The first kappa shape index (κ1) is 12.5. The summed E-state index contributed by atoms with van der Waals surface area (Å²) in [4.78, 5) is 11.0. The molecule has 0 spiro atoms. The molecular weight excluding hydrogens is 186 g/mol. The maximum atomic E-state index is 11.0. The van der Waals surface area contributed by atoms with Crippen molar-refractivity contribution in [2.45, 2.75) is 6.92 Å². The lowest BCUT2D eigenvalue weighted by Gasteiger charge is -2.06. The molecular formula is C9H17NO2S. The number of hydrogen-bond acceptors (Lipinski definition) is 3. The molecule has 0 aliphatic carbocycles. The lowest BCUT2D eigenvalue weighted by Crippen LogP contribution is -2.25. The van der Waals surface area contributed by atoms with Crippen LogP contribution in [0.5, 0.6) is 0 Å². The molecule has 1 unspecified atom stereocenters. The molecule has 0 aliphatic heterocycles. The van der Waals surface area contributed by atoms with Crippen LogP contribution in [0, 0.1) is 5.92 Å². The van der Waals surface area contributed by atoms with Crippen molar-refractivity contribution < 1.29 is 9.90 Å². The highest BCUT2D eigenvalue weighted by Crippen LogP contribution is 2.06. The molecule has 2 N–H and O–H groups in total. The lowest BCUT2D eigenvalue weighted by atomic mass is 10.2. The van der Waals surface area contributed by atoms with Crippen LogP contribution in [0.3, 0.4) is 0 Å². The molecule has 0 aromatic carbocycles. The Balaban J connectivity index is 3.31. The minimum absolute atomic E-state index is 0.0232. The molecule has 0 aromatic heterocycles. The highest BCUT2D eigenvalue weighted by atomic mass is 32.2. The largest absolute Gasteiger partial charge is 0.396 e. The molecule has 0 aliphatic rings. The van der Waals surface area contributed by atoms with Crippen LogP contribution in [-0.2, 0) is 4.79 Å². The first-order valence-corrected chi connectivity index (χ1v) is 5.42. The molecule has 0 fully saturated rings. The van der Waals surface area contributed by atoms with Crippen LogP contribution >= 0.6 is 11.8 Å². The van der Waals surface area contributed by atoms with Gasteiger partial charge in [-0.05, 0) is 11.7 Å². The summed E-state index contributed by atoms with van der Waals surface area (Å²) in [6.07, 6.45) is 1.65. The van der Waals surface area contributed by atoms with Crippen molar-refractivity contribution in [3.05, 3.63) is 12.7 Å². The van der Waals surface area contributed by atoms with E-state index in [1.165, 1.54) is 11.8 Å². The van der Waals surface area contributed by atoms with Crippen LogP contribution in [0.15, 0.2) is 12.7 Å². The van der Waals surface area contributed by atoms with Crippen molar-refractivity contribution >= 4 is 17.7 Å². The number of carbonyl (C=O) groups excluding carboxylic acids is 1. The maximum Gasteiger partial charge on any atom is 0.230 e. The fourth-order valence-corrected chi connectivity index (χ4v) is 1.56. The van der Waals surface area contributed by atoms with Crippen molar-refractivity contribution in [2.24, 2.45) is 5.92 Å².